The SMILES string of the molecule is Cn1cc(Cn2c(=O)c3cc(S(=O)(=O)CC4(C)CC4)c(F)cc3n(Cc3ccc(F)cc3)c2=O)cn1. The molecule has 0 bridgehead atoms. The van der Waals surface area contributed by atoms with Crippen LogP contribution in [0.4, 0.5) is 8.78 Å². The van der Waals surface area contributed by atoms with Gasteiger partial charge in [0.25, 0.3) is 5.56 Å². The third kappa shape index (κ3) is 4.50. The number of halogens is 2. The van der Waals surface area contributed by atoms with E-state index in [9.17, 15) is 22.4 Å². The van der Waals surface area contributed by atoms with Crippen LogP contribution in [-0.4, -0.2) is 33.1 Å². The Hall–Kier alpha value is -3.60. The minimum atomic E-state index is -4.01. The second-order valence-electron chi connectivity index (χ2n) is 9.78. The molecule has 2 aromatic carbocycles. The average Bonchev–Trinajstić information content (AvgIpc) is 3.38. The van der Waals surface area contributed by atoms with Gasteiger partial charge in [0.1, 0.15) is 16.5 Å². The van der Waals surface area contributed by atoms with Crippen LogP contribution in [0.2, 0.25) is 0 Å². The Balaban J connectivity index is 1.73. The zero-order valence-electron chi connectivity index (χ0n) is 19.7. The third-order valence-corrected chi connectivity index (χ3v) is 8.67. The first kappa shape index (κ1) is 24.1. The van der Waals surface area contributed by atoms with Crippen molar-refractivity contribution < 1.29 is 17.2 Å². The fourth-order valence-electron chi connectivity index (χ4n) is 4.35. The Morgan fingerprint density at radius 2 is 1.67 bits per heavy atom. The number of rotatable bonds is 7. The molecule has 0 atom stereocenters. The third-order valence-electron chi connectivity index (χ3n) is 6.61. The van der Waals surface area contributed by atoms with Gasteiger partial charge in [-0.15, -0.1) is 0 Å². The van der Waals surface area contributed by atoms with E-state index in [4.69, 9.17) is 0 Å². The molecule has 188 valence electrons. The van der Waals surface area contributed by atoms with E-state index in [1.807, 2.05) is 6.92 Å². The molecule has 36 heavy (non-hydrogen) atoms. The molecule has 1 saturated carbocycles. The number of hydrogen-bond donors (Lipinski definition) is 0. The topological polar surface area (TPSA) is 96.0 Å². The van der Waals surface area contributed by atoms with Crippen molar-refractivity contribution in [3.63, 3.8) is 0 Å². The Morgan fingerprint density at radius 3 is 2.28 bits per heavy atom. The van der Waals surface area contributed by atoms with Gasteiger partial charge >= 0.3 is 5.69 Å². The Bertz CT molecular complexity index is 1720. The van der Waals surface area contributed by atoms with Crippen molar-refractivity contribution in [2.24, 2.45) is 12.5 Å². The van der Waals surface area contributed by atoms with Gasteiger partial charge in [0.15, 0.2) is 9.84 Å². The first-order valence-corrected chi connectivity index (χ1v) is 13.0. The minimum Gasteiger partial charge on any atom is -0.289 e. The monoisotopic (exact) mass is 514 g/mol. The van der Waals surface area contributed by atoms with E-state index in [1.165, 1.54) is 39.7 Å². The largest absolute Gasteiger partial charge is 0.332 e. The van der Waals surface area contributed by atoms with Crippen LogP contribution in [0.15, 0.2) is 63.3 Å². The average molecular weight is 515 g/mol. The first-order chi connectivity index (χ1) is 17.0. The number of sulfone groups is 1. The zero-order chi connectivity index (χ0) is 25.8. The maximum atomic E-state index is 15.2. The molecule has 0 aliphatic heterocycles. The molecule has 1 aliphatic rings. The lowest BCUT2D eigenvalue weighted by molar-refractivity contribution is 0.549. The molecule has 0 amide bonds. The van der Waals surface area contributed by atoms with Gasteiger partial charge < -0.3 is 0 Å². The maximum absolute atomic E-state index is 15.2. The molecule has 2 aromatic heterocycles. The summed E-state index contributed by atoms with van der Waals surface area (Å²) in [5.41, 5.74) is -0.747. The number of nitrogens with zero attached hydrogens (tertiary/aromatic N) is 4. The van der Waals surface area contributed by atoms with E-state index >= 15 is 4.39 Å². The number of hydrogen-bond acceptors (Lipinski definition) is 5. The van der Waals surface area contributed by atoms with E-state index in [1.54, 1.807) is 13.2 Å². The summed E-state index contributed by atoms with van der Waals surface area (Å²) in [4.78, 5) is 26.4. The first-order valence-electron chi connectivity index (χ1n) is 11.4. The van der Waals surface area contributed by atoms with Crippen molar-refractivity contribution in [2.75, 3.05) is 5.75 Å². The van der Waals surface area contributed by atoms with Crippen LogP contribution in [0.3, 0.4) is 0 Å². The molecule has 5 rings (SSSR count). The maximum Gasteiger partial charge on any atom is 0.332 e. The summed E-state index contributed by atoms with van der Waals surface area (Å²) < 4.78 is 58.5. The lowest BCUT2D eigenvalue weighted by Crippen LogP contribution is -2.40. The molecule has 8 nitrogen and oxygen atoms in total. The highest BCUT2D eigenvalue weighted by atomic mass is 32.2. The highest BCUT2D eigenvalue weighted by Crippen LogP contribution is 2.47. The van der Waals surface area contributed by atoms with E-state index in [0.717, 1.165) is 29.5 Å². The lowest BCUT2D eigenvalue weighted by atomic mass is 10.2. The van der Waals surface area contributed by atoms with Crippen LogP contribution in [0, 0.1) is 17.0 Å². The van der Waals surface area contributed by atoms with Crippen LogP contribution in [0.25, 0.3) is 10.9 Å². The molecule has 0 spiro atoms. The number of aryl methyl sites for hydroxylation is 1. The van der Waals surface area contributed by atoms with Crippen LogP contribution in [-0.2, 0) is 30.0 Å². The zero-order valence-corrected chi connectivity index (χ0v) is 20.6. The molecule has 0 unspecified atom stereocenters. The van der Waals surface area contributed by atoms with Gasteiger partial charge in [-0.05, 0) is 48.1 Å². The highest BCUT2D eigenvalue weighted by molar-refractivity contribution is 7.91. The quantitative estimate of drug-likeness (QED) is 0.378. The van der Waals surface area contributed by atoms with Crippen molar-refractivity contribution in [2.45, 2.75) is 37.8 Å². The van der Waals surface area contributed by atoms with Crippen LogP contribution < -0.4 is 11.2 Å². The summed E-state index contributed by atoms with van der Waals surface area (Å²) in [6.07, 6.45) is 4.63. The second-order valence-corrected chi connectivity index (χ2v) is 11.7. The smallest absolute Gasteiger partial charge is 0.289 e. The van der Waals surface area contributed by atoms with Crippen molar-refractivity contribution >= 4 is 20.7 Å². The summed E-state index contributed by atoms with van der Waals surface area (Å²) in [6, 6.07) is 7.40. The summed E-state index contributed by atoms with van der Waals surface area (Å²) in [5.74, 6) is -1.70. The normalized spacial score (nSPS) is 14.9. The van der Waals surface area contributed by atoms with Crippen molar-refractivity contribution in [3.8, 4) is 0 Å². The van der Waals surface area contributed by atoms with Gasteiger partial charge in [-0.1, -0.05) is 19.1 Å². The van der Waals surface area contributed by atoms with Gasteiger partial charge in [-0.3, -0.25) is 18.6 Å². The molecule has 11 heteroatoms. The van der Waals surface area contributed by atoms with E-state index in [0.29, 0.717) is 11.1 Å². The molecule has 1 aliphatic carbocycles. The fraction of sp³-hybridized carbons (Fsp3) is 0.320. The Labute approximate surface area is 205 Å². The molecule has 0 saturated heterocycles. The van der Waals surface area contributed by atoms with Crippen LogP contribution in [0.1, 0.15) is 30.9 Å². The van der Waals surface area contributed by atoms with Crippen molar-refractivity contribution in [1.82, 2.24) is 18.9 Å². The second kappa shape index (κ2) is 8.51. The van der Waals surface area contributed by atoms with Crippen molar-refractivity contribution in [3.05, 3.63) is 92.4 Å². The summed E-state index contributed by atoms with van der Waals surface area (Å²) in [5, 5.41) is 3.96. The van der Waals surface area contributed by atoms with Gasteiger partial charge in [0.05, 0.1) is 35.9 Å². The molecular weight excluding hydrogens is 490 g/mol. The minimum absolute atomic E-state index is 0.0363. The standard InChI is InChI=1S/C25H24F2N4O4S/c1-25(7-8-25)15-36(34,35)22-9-19-21(10-20(22)27)30(13-16-3-5-18(26)6-4-16)24(33)31(23(19)32)14-17-11-28-29(2)12-17/h3-6,9-12H,7-8,13-15H2,1-2H3. The van der Waals surface area contributed by atoms with Crippen molar-refractivity contribution in [1.29, 1.82) is 0 Å². The number of aromatic nitrogens is 4. The molecule has 0 N–H and O–H groups in total. The van der Waals surface area contributed by atoms with Gasteiger partial charge in [0.2, 0.25) is 0 Å². The molecular formula is C25H24F2N4O4S. The number of benzene rings is 2. The molecule has 4 aromatic rings. The van der Waals surface area contributed by atoms with E-state index in [-0.39, 0.29) is 29.7 Å². The fourth-order valence-corrected chi connectivity index (χ4v) is 6.37. The number of fused-ring (bicyclic) bond motifs is 1. The highest BCUT2D eigenvalue weighted by Gasteiger charge is 2.42. The molecule has 0 radical (unpaired) electrons. The molecule has 1 fully saturated rings. The predicted octanol–water partition coefficient (Wildman–Crippen LogP) is 2.85. The van der Waals surface area contributed by atoms with Crippen LogP contribution in [0.5, 0.6) is 0 Å². The summed E-state index contributed by atoms with van der Waals surface area (Å²) in [6.45, 7) is 1.64. The Morgan fingerprint density at radius 1 is 1.00 bits per heavy atom. The summed E-state index contributed by atoms with van der Waals surface area (Å²) in [7, 11) is -2.32. The van der Waals surface area contributed by atoms with E-state index in [2.05, 4.69) is 5.10 Å². The van der Waals surface area contributed by atoms with Gasteiger partial charge in [-0.25, -0.2) is 22.0 Å². The lowest BCUT2D eigenvalue weighted by Gasteiger charge is -2.16. The van der Waals surface area contributed by atoms with Gasteiger partial charge in [-0.2, -0.15) is 5.10 Å². The van der Waals surface area contributed by atoms with Crippen LogP contribution >= 0.6 is 0 Å². The van der Waals surface area contributed by atoms with E-state index < -0.39 is 43.0 Å². The Kier molecular flexibility index (Phi) is 5.70. The summed E-state index contributed by atoms with van der Waals surface area (Å²) >= 11 is 0. The molecule has 2 heterocycles. The van der Waals surface area contributed by atoms with Gasteiger partial charge in [0, 0.05) is 18.8 Å². The predicted molar refractivity (Wildman–Crippen MR) is 130 cm³/mol.